The lowest BCUT2D eigenvalue weighted by atomic mass is 10.1. The van der Waals surface area contributed by atoms with Crippen molar-refractivity contribution in [3.63, 3.8) is 0 Å². The smallest absolute Gasteiger partial charge is 0.340 e. The van der Waals surface area contributed by atoms with E-state index < -0.39 is 12.1 Å². The van der Waals surface area contributed by atoms with Gasteiger partial charge < -0.3 is 9.15 Å². The molecule has 3 rings (SSSR count). The number of benzene rings is 2. The molecule has 0 aliphatic rings. The summed E-state index contributed by atoms with van der Waals surface area (Å²) in [5.41, 5.74) is 1.73. The Hall–Kier alpha value is -3.39. The molecule has 1 atom stereocenters. The van der Waals surface area contributed by atoms with Crippen LogP contribution in [0.4, 0.5) is 0 Å². The number of rotatable bonds is 4. The van der Waals surface area contributed by atoms with Crippen molar-refractivity contribution in [2.24, 2.45) is 0 Å². The first-order chi connectivity index (χ1) is 11.7. The summed E-state index contributed by atoms with van der Waals surface area (Å²) in [5, 5.41) is 8.79. The third-order valence-electron chi connectivity index (χ3n) is 3.41. The van der Waals surface area contributed by atoms with E-state index >= 15 is 0 Å². The molecule has 5 nitrogen and oxygen atoms in total. The molecule has 0 saturated carbocycles. The van der Waals surface area contributed by atoms with Crippen LogP contribution in [0, 0.1) is 11.3 Å². The zero-order valence-electron chi connectivity index (χ0n) is 13.0. The highest BCUT2D eigenvalue weighted by molar-refractivity contribution is 5.96. The highest BCUT2D eigenvalue weighted by Gasteiger charge is 2.19. The van der Waals surface area contributed by atoms with Gasteiger partial charge in [0.1, 0.15) is 6.07 Å². The van der Waals surface area contributed by atoms with Crippen molar-refractivity contribution in [3.8, 4) is 28.8 Å². The minimum absolute atomic E-state index is 0.307. The van der Waals surface area contributed by atoms with Crippen LogP contribution in [-0.4, -0.2) is 17.1 Å². The van der Waals surface area contributed by atoms with Crippen LogP contribution >= 0.6 is 0 Å². The van der Waals surface area contributed by atoms with E-state index in [1.807, 2.05) is 36.4 Å². The van der Waals surface area contributed by atoms with E-state index in [9.17, 15) is 4.79 Å². The van der Waals surface area contributed by atoms with Gasteiger partial charge in [-0.2, -0.15) is 5.26 Å². The predicted octanol–water partition coefficient (Wildman–Crippen LogP) is 4.08. The fraction of sp³-hybridized carbons (Fsp3) is 0.105. The van der Waals surface area contributed by atoms with Crippen LogP contribution < -0.4 is 0 Å². The van der Waals surface area contributed by atoms with E-state index in [0.717, 1.165) is 5.56 Å². The van der Waals surface area contributed by atoms with Crippen molar-refractivity contribution in [1.82, 2.24) is 4.98 Å². The molecule has 0 N–H and O–H groups in total. The maximum absolute atomic E-state index is 12.2. The van der Waals surface area contributed by atoms with Crippen molar-refractivity contribution < 1.29 is 13.9 Å². The van der Waals surface area contributed by atoms with Crippen LogP contribution in [0.5, 0.6) is 0 Å². The predicted molar refractivity (Wildman–Crippen MR) is 87.9 cm³/mol. The summed E-state index contributed by atoms with van der Waals surface area (Å²) in [7, 11) is 0. The first-order valence-corrected chi connectivity index (χ1v) is 7.40. The van der Waals surface area contributed by atoms with Gasteiger partial charge in [-0.1, -0.05) is 42.5 Å². The summed E-state index contributed by atoms with van der Waals surface area (Å²) in [5.74, 6) is 0.351. The van der Waals surface area contributed by atoms with Gasteiger partial charge in [-0.15, -0.1) is 0 Å². The second-order valence-corrected chi connectivity index (χ2v) is 5.12. The molecule has 0 aliphatic heterocycles. The van der Waals surface area contributed by atoms with Crippen LogP contribution in [-0.2, 0) is 4.74 Å². The first-order valence-electron chi connectivity index (χ1n) is 7.40. The van der Waals surface area contributed by atoms with Gasteiger partial charge in [0.2, 0.25) is 5.89 Å². The number of hydrogen-bond donors (Lipinski definition) is 0. The van der Waals surface area contributed by atoms with Crippen LogP contribution in [0.1, 0.15) is 17.3 Å². The molecule has 3 aromatic rings. The fourth-order valence-electron chi connectivity index (χ4n) is 2.23. The molecular weight excluding hydrogens is 304 g/mol. The van der Waals surface area contributed by atoms with Crippen LogP contribution in [0.15, 0.2) is 65.2 Å². The molecule has 1 heterocycles. The molecule has 0 spiro atoms. The zero-order valence-corrected chi connectivity index (χ0v) is 13.0. The molecular formula is C19H14N2O3. The third-order valence-corrected chi connectivity index (χ3v) is 3.41. The number of carbonyl (C=O) groups excluding carboxylic acids is 1. The molecule has 118 valence electrons. The molecule has 2 aromatic carbocycles. The number of hydrogen-bond acceptors (Lipinski definition) is 5. The topological polar surface area (TPSA) is 76.1 Å². The minimum Gasteiger partial charge on any atom is -0.444 e. The lowest BCUT2D eigenvalue weighted by Crippen LogP contribution is -2.13. The summed E-state index contributed by atoms with van der Waals surface area (Å²) in [4.78, 5) is 16.5. The van der Waals surface area contributed by atoms with E-state index in [1.165, 1.54) is 6.92 Å². The SMILES string of the molecule is C[C@H](C#N)OC(=O)c1ccccc1-c1ncc(-c2ccccc2)o1. The van der Waals surface area contributed by atoms with Gasteiger partial charge in [-0.05, 0) is 19.1 Å². The quantitative estimate of drug-likeness (QED) is 0.677. The van der Waals surface area contributed by atoms with Gasteiger partial charge in [0.25, 0.3) is 0 Å². The molecule has 24 heavy (non-hydrogen) atoms. The van der Waals surface area contributed by atoms with Gasteiger partial charge in [0.05, 0.1) is 17.3 Å². The van der Waals surface area contributed by atoms with Crippen LogP contribution in [0.2, 0.25) is 0 Å². The average molecular weight is 318 g/mol. The summed E-state index contributed by atoms with van der Waals surface area (Å²) < 4.78 is 10.9. The van der Waals surface area contributed by atoms with Crippen molar-refractivity contribution >= 4 is 5.97 Å². The molecule has 5 heteroatoms. The number of nitriles is 1. The lowest BCUT2D eigenvalue weighted by Gasteiger charge is -2.08. The Morgan fingerprint density at radius 1 is 1.17 bits per heavy atom. The van der Waals surface area contributed by atoms with Gasteiger partial charge in [-0.3, -0.25) is 0 Å². The number of aromatic nitrogens is 1. The highest BCUT2D eigenvalue weighted by Crippen LogP contribution is 2.28. The highest BCUT2D eigenvalue weighted by atomic mass is 16.5. The van der Waals surface area contributed by atoms with Crippen LogP contribution in [0.25, 0.3) is 22.8 Å². The van der Waals surface area contributed by atoms with E-state index in [0.29, 0.717) is 22.8 Å². The number of carbonyl (C=O) groups is 1. The van der Waals surface area contributed by atoms with Gasteiger partial charge in [0.15, 0.2) is 11.9 Å². The minimum atomic E-state index is -0.824. The maximum atomic E-state index is 12.2. The Balaban J connectivity index is 1.95. The van der Waals surface area contributed by atoms with Crippen molar-refractivity contribution in [2.75, 3.05) is 0 Å². The summed E-state index contributed by atoms with van der Waals surface area (Å²) >= 11 is 0. The molecule has 0 amide bonds. The Bertz CT molecular complexity index is 894. The number of esters is 1. The second kappa shape index (κ2) is 6.80. The van der Waals surface area contributed by atoms with E-state index in [4.69, 9.17) is 14.4 Å². The molecule has 0 radical (unpaired) electrons. The second-order valence-electron chi connectivity index (χ2n) is 5.12. The average Bonchev–Trinajstić information content (AvgIpc) is 3.12. The van der Waals surface area contributed by atoms with E-state index in [-0.39, 0.29) is 0 Å². The number of oxazole rings is 1. The third kappa shape index (κ3) is 3.18. The standard InChI is InChI=1S/C19H14N2O3/c1-13(11-20)23-19(22)16-10-6-5-9-15(16)18-21-12-17(24-18)14-7-3-2-4-8-14/h2-10,12-13H,1H3/t13-/m1/s1. The molecule has 0 saturated heterocycles. The summed E-state index contributed by atoms with van der Waals surface area (Å²) in [6.07, 6.45) is 0.792. The first kappa shape index (κ1) is 15.5. The van der Waals surface area contributed by atoms with E-state index in [2.05, 4.69) is 4.98 Å². The lowest BCUT2D eigenvalue weighted by molar-refractivity contribution is 0.0436. The van der Waals surface area contributed by atoms with Gasteiger partial charge in [-0.25, -0.2) is 9.78 Å². The Morgan fingerprint density at radius 2 is 1.88 bits per heavy atom. The molecule has 0 unspecified atom stereocenters. The largest absolute Gasteiger partial charge is 0.444 e. The number of nitrogens with zero attached hydrogens (tertiary/aromatic N) is 2. The van der Waals surface area contributed by atoms with Crippen molar-refractivity contribution in [1.29, 1.82) is 5.26 Å². The summed E-state index contributed by atoms with van der Waals surface area (Å²) in [6, 6.07) is 18.3. The van der Waals surface area contributed by atoms with Crippen molar-refractivity contribution in [2.45, 2.75) is 13.0 Å². The van der Waals surface area contributed by atoms with Crippen LogP contribution in [0.3, 0.4) is 0 Å². The Labute approximate surface area is 139 Å². The molecule has 1 aromatic heterocycles. The Morgan fingerprint density at radius 3 is 2.62 bits per heavy atom. The maximum Gasteiger partial charge on any atom is 0.340 e. The molecule has 0 bridgehead atoms. The molecule has 0 fully saturated rings. The van der Waals surface area contributed by atoms with Crippen molar-refractivity contribution in [3.05, 3.63) is 66.4 Å². The monoisotopic (exact) mass is 318 g/mol. The normalized spacial score (nSPS) is 11.5. The van der Waals surface area contributed by atoms with E-state index in [1.54, 1.807) is 30.5 Å². The Kier molecular flexibility index (Phi) is 4.39. The summed E-state index contributed by atoms with van der Waals surface area (Å²) in [6.45, 7) is 1.51. The van der Waals surface area contributed by atoms with Gasteiger partial charge in [0, 0.05) is 5.56 Å². The van der Waals surface area contributed by atoms with Gasteiger partial charge >= 0.3 is 5.97 Å². The molecule has 0 aliphatic carbocycles. The number of ether oxygens (including phenoxy) is 1. The zero-order chi connectivity index (χ0) is 16.9. The fourth-order valence-corrected chi connectivity index (χ4v) is 2.23.